The summed E-state index contributed by atoms with van der Waals surface area (Å²) in [7, 11) is 0. The summed E-state index contributed by atoms with van der Waals surface area (Å²) in [5.41, 5.74) is 1.41. The van der Waals surface area contributed by atoms with Gasteiger partial charge in [-0.1, -0.05) is 11.8 Å². The van der Waals surface area contributed by atoms with Crippen LogP contribution in [-0.4, -0.2) is 30.0 Å². The smallest absolute Gasteiger partial charge is 0.374 e. The monoisotopic (exact) mass is 255 g/mol. The Morgan fingerprint density at radius 3 is 2.56 bits per heavy atom. The third-order valence-electron chi connectivity index (χ3n) is 3.70. The minimum atomic E-state index is -4.13. The van der Waals surface area contributed by atoms with E-state index in [0.29, 0.717) is 13.0 Å². The fourth-order valence-corrected chi connectivity index (χ4v) is 3.58. The first-order valence-corrected chi connectivity index (χ1v) is 6.50. The van der Waals surface area contributed by atoms with Crippen molar-refractivity contribution in [2.24, 2.45) is 11.1 Å². The normalized spacial score (nSPS) is 38.2. The maximum Gasteiger partial charge on any atom is 0.441 e. The molecule has 3 atom stereocenters. The molecular formula is C10H16F3NOS. The molecule has 2 heterocycles. The van der Waals surface area contributed by atoms with Gasteiger partial charge >= 0.3 is 5.51 Å². The molecule has 2 bridgehead atoms. The van der Waals surface area contributed by atoms with Gasteiger partial charge in [0.25, 0.3) is 0 Å². The van der Waals surface area contributed by atoms with Crippen LogP contribution in [0.25, 0.3) is 0 Å². The van der Waals surface area contributed by atoms with Gasteiger partial charge in [0.05, 0.1) is 12.2 Å². The lowest BCUT2D eigenvalue weighted by Gasteiger charge is -2.34. The summed E-state index contributed by atoms with van der Waals surface area (Å²) in [5, 5.41) is 0. The van der Waals surface area contributed by atoms with Crippen LogP contribution < -0.4 is 5.73 Å². The SMILES string of the molecule is NCC1(CCSC(F)(F)F)CC2CCC1O2. The number of fused-ring (bicyclic) bond motifs is 2. The summed E-state index contributed by atoms with van der Waals surface area (Å²) < 4.78 is 41.8. The number of hydrogen-bond donors (Lipinski definition) is 1. The third-order valence-corrected chi connectivity index (χ3v) is 4.43. The Kier molecular flexibility index (Phi) is 3.43. The second kappa shape index (κ2) is 4.38. The van der Waals surface area contributed by atoms with Crippen molar-refractivity contribution in [2.45, 2.75) is 43.4 Å². The largest absolute Gasteiger partial charge is 0.441 e. The Bertz CT molecular complexity index is 261. The molecule has 0 amide bonds. The fraction of sp³-hybridized carbons (Fsp3) is 1.00. The lowest BCUT2D eigenvalue weighted by atomic mass is 9.72. The molecule has 0 aliphatic carbocycles. The number of thioether (sulfide) groups is 1. The Morgan fingerprint density at radius 2 is 2.12 bits per heavy atom. The predicted molar refractivity (Wildman–Crippen MR) is 57.1 cm³/mol. The van der Waals surface area contributed by atoms with E-state index in [2.05, 4.69) is 0 Å². The maximum absolute atomic E-state index is 12.0. The van der Waals surface area contributed by atoms with Gasteiger partial charge in [-0.3, -0.25) is 0 Å². The first-order valence-electron chi connectivity index (χ1n) is 5.51. The second-order valence-corrected chi connectivity index (χ2v) is 5.80. The second-order valence-electron chi connectivity index (χ2n) is 4.64. The van der Waals surface area contributed by atoms with Crippen molar-refractivity contribution >= 4 is 11.8 Å². The van der Waals surface area contributed by atoms with Crippen molar-refractivity contribution in [1.82, 2.24) is 0 Å². The predicted octanol–water partition coefficient (Wildman–Crippen LogP) is 2.53. The highest BCUT2D eigenvalue weighted by Gasteiger charge is 2.51. The van der Waals surface area contributed by atoms with Crippen molar-refractivity contribution in [3.63, 3.8) is 0 Å². The van der Waals surface area contributed by atoms with Crippen molar-refractivity contribution in [3.8, 4) is 0 Å². The van der Waals surface area contributed by atoms with E-state index in [4.69, 9.17) is 10.5 Å². The van der Waals surface area contributed by atoms with Crippen molar-refractivity contribution in [1.29, 1.82) is 0 Å². The van der Waals surface area contributed by atoms with Crippen molar-refractivity contribution < 1.29 is 17.9 Å². The molecule has 2 aliphatic heterocycles. The molecule has 94 valence electrons. The van der Waals surface area contributed by atoms with Crippen LogP contribution in [0.5, 0.6) is 0 Å². The molecule has 6 heteroatoms. The molecule has 2 N–H and O–H groups in total. The average molecular weight is 255 g/mol. The van der Waals surface area contributed by atoms with Gasteiger partial charge in [0.2, 0.25) is 0 Å². The van der Waals surface area contributed by atoms with Crippen LogP contribution in [0.4, 0.5) is 13.2 Å². The van der Waals surface area contributed by atoms with Crippen LogP contribution >= 0.6 is 11.8 Å². The van der Waals surface area contributed by atoms with Gasteiger partial charge in [0.1, 0.15) is 0 Å². The zero-order valence-corrected chi connectivity index (χ0v) is 9.74. The Balaban J connectivity index is 1.87. The number of alkyl halides is 3. The number of hydrogen-bond acceptors (Lipinski definition) is 3. The first-order chi connectivity index (χ1) is 7.45. The summed E-state index contributed by atoms with van der Waals surface area (Å²) in [6.07, 6.45) is 3.68. The maximum atomic E-state index is 12.0. The van der Waals surface area contributed by atoms with Gasteiger partial charge in [-0.2, -0.15) is 13.2 Å². The summed E-state index contributed by atoms with van der Waals surface area (Å²) in [6.45, 7) is 0.437. The van der Waals surface area contributed by atoms with E-state index >= 15 is 0 Å². The van der Waals surface area contributed by atoms with Gasteiger partial charge in [0.15, 0.2) is 0 Å². The Morgan fingerprint density at radius 1 is 1.38 bits per heavy atom. The standard InChI is InChI=1S/C10H16F3NOS/c11-10(12,13)16-4-3-9(6-14)5-7-1-2-8(9)15-7/h7-8H,1-6,14H2. The van der Waals surface area contributed by atoms with E-state index in [-0.39, 0.29) is 35.1 Å². The van der Waals surface area contributed by atoms with E-state index in [0.717, 1.165) is 19.3 Å². The van der Waals surface area contributed by atoms with Crippen LogP contribution in [0.1, 0.15) is 25.7 Å². The molecule has 2 saturated heterocycles. The molecule has 0 saturated carbocycles. The summed E-state index contributed by atoms with van der Waals surface area (Å²) in [5.74, 6) is 0.0906. The zero-order valence-electron chi connectivity index (χ0n) is 8.93. The Hall–Kier alpha value is 0.0600. The molecule has 0 aromatic rings. The highest BCUT2D eigenvalue weighted by molar-refractivity contribution is 8.00. The van der Waals surface area contributed by atoms with E-state index in [1.807, 2.05) is 0 Å². The van der Waals surface area contributed by atoms with E-state index < -0.39 is 5.51 Å². The molecule has 16 heavy (non-hydrogen) atoms. The van der Waals surface area contributed by atoms with Crippen LogP contribution in [0.3, 0.4) is 0 Å². The summed E-state index contributed by atoms with van der Waals surface area (Å²) in [6, 6.07) is 0. The number of nitrogens with two attached hydrogens (primary N) is 1. The summed E-state index contributed by atoms with van der Waals surface area (Å²) in [4.78, 5) is 0. The van der Waals surface area contributed by atoms with Crippen LogP contribution in [0, 0.1) is 5.41 Å². The minimum Gasteiger partial charge on any atom is -0.374 e. The van der Waals surface area contributed by atoms with Crippen molar-refractivity contribution in [3.05, 3.63) is 0 Å². The molecule has 0 aromatic heterocycles. The fourth-order valence-electron chi connectivity index (χ4n) is 2.84. The Labute approximate surface area is 97.1 Å². The first kappa shape index (κ1) is 12.5. The zero-order chi connectivity index (χ0) is 11.8. The number of halogens is 3. The quantitative estimate of drug-likeness (QED) is 0.838. The minimum absolute atomic E-state index is 0.0506. The van der Waals surface area contributed by atoms with Gasteiger partial charge in [-0.05, 0) is 25.7 Å². The summed E-state index contributed by atoms with van der Waals surface area (Å²) >= 11 is 0.0506. The topological polar surface area (TPSA) is 35.2 Å². The molecule has 0 spiro atoms. The van der Waals surface area contributed by atoms with Gasteiger partial charge < -0.3 is 10.5 Å². The third kappa shape index (κ3) is 2.49. The molecule has 2 aliphatic rings. The molecule has 3 unspecified atom stereocenters. The van der Waals surface area contributed by atoms with Gasteiger partial charge in [0, 0.05) is 17.7 Å². The van der Waals surface area contributed by atoms with Crippen molar-refractivity contribution in [2.75, 3.05) is 12.3 Å². The van der Waals surface area contributed by atoms with E-state index in [9.17, 15) is 13.2 Å². The molecule has 0 aromatic carbocycles. The molecule has 2 fully saturated rings. The van der Waals surface area contributed by atoms with Crippen LogP contribution in [-0.2, 0) is 4.74 Å². The lowest BCUT2D eigenvalue weighted by Crippen LogP contribution is -2.40. The molecule has 2 rings (SSSR count). The lowest BCUT2D eigenvalue weighted by molar-refractivity contribution is -0.0330. The van der Waals surface area contributed by atoms with Gasteiger partial charge in [-0.25, -0.2) is 0 Å². The number of ether oxygens (including phenoxy) is 1. The van der Waals surface area contributed by atoms with Crippen LogP contribution in [0.2, 0.25) is 0 Å². The molecule has 2 nitrogen and oxygen atoms in total. The number of rotatable bonds is 4. The van der Waals surface area contributed by atoms with Crippen LogP contribution in [0.15, 0.2) is 0 Å². The van der Waals surface area contributed by atoms with Gasteiger partial charge in [-0.15, -0.1) is 0 Å². The van der Waals surface area contributed by atoms with E-state index in [1.54, 1.807) is 0 Å². The highest BCUT2D eigenvalue weighted by atomic mass is 32.2. The highest BCUT2D eigenvalue weighted by Crippen LogP contribution is 2.50. The average Bonchev–Trinajstić information content (AvgIpc) is 2.75. The molecular weight excluding hydrogens is 239 g/mol. The van der Waals surface area contributed by atoms with E-state index in [1.165, 1.54) is 0 Å². The molecule has 0 radical (unpaired) electrons.